The predicted octanol–water partition coefficient (Wildman–Crippen LogP) is 5.20. The summed E-state index contributed by atoms with van der Waals surface area (Å²) in [4.78, 5) is 0. The molecule has 3 rings (SSSR count). The summed E-state index contributed by atoms with van der Waals surface area (Å²) < 4.78 is 88.0. The number of hydrogen-bond donors (Lipinski definition) is 0. The predicted molar refractivity (Wildman–Crippen MR) is 146 cm³/mol. The van der Waals surface area contributed by atoms with Crippen LogP contribution in [0.4, 0.5) is 4.39 Å². The lowest BCUT2D eigenvalue weighted by Crippen LogP contribution is -2.08. The smallest absolute Gasteiger partial charge is 0.306 e. The largest absolute Gasteiger partial charge is 0.496 e. The van der Waals surface area contributed by atoms with Crippen molar-refractivity contribution in [2.45, 2.75) is 13.8 Å². The maximum atomic E-state index is 14.6. The van der Waals surface area contributed by atoms with Gasteiger partial charge in [0.15, 0.2) is 23.1 Å². The second-order valence-electron chi connectivity index (χ2n) is 8.73. The number of halogens is 1. The standard InChI is InChI=1S/C27H29FO9S2/c1-17(2)11-12-35-24-10-8-19(14-27(24)37-39(6,31)32)21-16-25(33-3)20(15-26(21)34-4)18-7-9-23(22(28)13-18)36-38(5,29)30/h7-11,13-16H,12H2,1-6H3. The second kappa shape index (κ2) is 12.0. The molecule has 9 nitrogen and oxygen atoms in total. The third-order valence-corrected chi connectivity index (χ3v) is 6.20. The third-order valence-electron chi connectivity index (χ3n) is 5.23. The third kappa shape index (κ3) is 8.11. The molecule has 0 spiro atoms. The summed E-state index contributed by atoms with van der Waals surface area (Å²) in [6.45, 7) is 4.05. The summed E-state index contributed by atoms with van der Waals surface area (Å²) in [5, 5.41) is 0. The highest BCUT2D eigenvalue weighted by atomic mass is 32.2. The van der Waals surface area contributed by atoms with Crippen LogP contribution in [0.5, 0.6) is 28.7 Å². The van der Waals surface area contributed by atoms with E-state index in [1.807, 2.05) is 19.9 Å². The van der Waals surface area contributed by atoms with Crippen molar-refractivity contribution in [1.29, 1.82) is 0 Å². The average molecular weight is 581 g/mol. The van der Waals surface area contributed by atoms with E-state index in [2.05, 4.69) is 4.18 Å². The first-order valence-corrected chi connectivity index (χ1v) is 15.1. The van der Waals surface area contributed by atoms with Crippen LogP contribution in [-0.4, -0.2) is 50.2 Å². The lowest BCUT2D eigenvalue weighted by atomic mass is 9.97. The van der Waals surface area contributed by atoms with Gasteiger partial charge in [0.1, 0.15) is 18.1 Å². The Morgan fingerprint density at radius 1 is 0.718 bits per heavy atom. The van der Waals surface area contributed by atoms with Gasteiger partial charge in [0.25, 0.3) is 0 Å². The van der Waals surface area contributed by atoms with Crippen LogP contribution >= 0.6 is 0 Å². The summed E-state index contributed by atoms with van der Waals surface area (Å²) in [6, 6.07) is 11.9. The highest BCUT2D eigenvalue weighted by molar-refractivity contribution is 7.86. The van der Waals surface area contributed by atoms with E-state index in [1.54, 1.807) is 24.3 Å². The van der Waals surface area contributed by atoms with Crippen molar-refractivity contribution in [3.63, 3.8) is 0 Å². The Balaban J connectivity index is 2.10. The molecule has 0 amide bonds. The van der Waals surface area contributed by atoms with Gasteiger partial charge in [-0.2, -0.15) is 16.8 Å². The van der Waals surface area contributed by atoms with E-state index in [4.69, 9.17) is 18.4 Å². The summed E-state index contributed by atoms with van der Waals surface area (Å²) in [7, 11) is -4.89. The van der Waals surface area contributed by atoms with E-state index in [0.717, 1.165) is 24.2 Å². The fourth-order valence-corrected chi connectivity index (χ4v) is 4.49. The molecule has 0 unspecified atom stereocenters. The first-order chi connectivity index (χ1) is 18.2. The molecular formula is C27H29FO9S2. The summed E-state index contributed by atoms with van der Waals surface area (Å²) >= 11 is 0. The van der Waals surface area contributed by atoms with E-state index in [9.17, 15) is 21.2 Å². The van der Waals surface area contributed by atoms with E-state index < -0.39 is 31.8 Å². The van der Waals surface area contributed by atoms with Crippen LogP contribution in [-0.2, 0) is 20.2 Å². The Labute approximate surface area is 228 Å². The lowest BCUT2D eigenvalue weighted by molar-refractivity contribution is 0.347. The Bertz CT molecular complexity index is 1610. The van der Waals surface area contributed by atoms with Crippen LogP contribution in [0.1, 0.15) is 13.8 Å². The van der Waals surface area contributed by atoms with Crippen LogP contribution in [0.15, 0.2) is 60.2 Å². The molecule has 0 aliphatic carbocycles. The number of methoxy groups -OCH3 is 2. The highest BCUT2D eigenvalue weighted by Gasteiger charge is 2.19. The van der Waals surface area contributed by atoms with Crippen LogP contribution < -0.4 is 22.6 Å². The first-order valence-electron chi connectivity index (χ1n) is 11.5. The van der Waals surface area contributed by atoms with Gasteiger partial charge in [-0.05, 0) is 67.4 Å². The monoisotopic (exact) mass is 580 g/mol. The molecule has 0 saturated carbocycles. The molecular weight excluding hydrogens is 551 g/mol. The highest BCUT2D eigenvalue weighted by Crippen LogP contribution is 2.43. The first kappa shape index (κ1) is 29.8. The van der Waals surface area contributed by atoms with E-state index >= 15 is 0 Å². The number of allylic oxidation sites excluding steroid dienone is 1. The molecule has 39 heavy (non-hydrogen) atoms. The fourth-order valence-electron chi connectivity index (χ4n) is 3.57. The maximum absolute atomic E-state index is 14.6. The van der Waals surface area contributed by atoms with Crippen molar-refractivity contribution in [1.82, 2.24) is 0 Å². The van der Waals surface area contributed by atoms with Crippen molar-refractivity contribution in [2.24, 2.45) is 0 Å². The molecule has 12 heteroatoms. The topological polar surface area (TPSA) is 114 Å². The molecule has 0 aliphatic heterocycles. The molecule has 3 aromatic carbocycles. The molecule has 3 aromatic rings. The molecule has 0 N–H and O–H groups in total. The van der Waals surface area contributed by atoms with Gasteiger partial charge in [-0.1, -0.05) is 17.7 Å². The van der Waals surface area contributed by atoms with Crippen molar-refractivity contribution < 1.29 is 43.8 Å². The Kier molecular flexibility index (Phi) is 9.13. The van der Waals surface area contributed by atoms with Crippen molar-refractivity contribution >= 4 is 20.2 Å². The van der Waals surface area contributed by atoms with Gasteiger partial charge in [-0.25, -0.2) is 4.39 Å². The molecule has 0 radical (unpaired) electrons. The number of hydrogen-bond acceptors (Lipinski definition) is 9. The van der Waals surface area contributed by atoms with Crippen LogP contribution in [0.2, 0.25) is 0 Å². The van der Waals surface area contributed by atoms with Gasteiger partial charge in [-0.15, -0.1) is 0 Å². The molecule has 0 aliphatic rings. The lowest BCUT2D eigenvalue weighted by Gasteiger charge is -2.17. The van der Waals surface area contributed by atoms with E-state index in [0.29, 0.717) is 33.8 Å². The summed E-state index contributed by atoms with van der Waals surface area (Å²) in [5.41, 5.74) is 2.93. The van der Waals surface area contributed by atoms with E-state index in [-0.39, 0.29) is 18.1 Å². The molecule has 0 atom stereocenters. The molecule has 210 valence electrons. The zero-order valence-electron chi connectivity index (χ0n) is 22.3. The van der Waals surface area contributed by atoms with Gasteiger partial charge in [0.05, 0.1) is 26.7 Å². The summed E-state index contributed by atoms with van der Waals surface area (Å²) in [6.07, 6.45) is 3.60. The quantitative estimate of drug-likeness (QED) is 0.223. The van der Waals surface area contributed by atoms with Gasteiger partial charge in [-0.3, -0.25) is 0 Å². The molecule has 0 saturated heterocycles. The molecule has 0 bridgehead atoms. The van der Waals surface area contributed by atoms with Crippen molar-refractivity contribution in [3.05, 3.63) is 66.0 Å². The molecule has 0 fully saturated rings. The Morgan fingerprint density at radius 3 is 1.67 bits per heavy atom. The van der Waals surface area contributed by atoms with Crippen LogP contribution in [0, 0.1) is 5.82 Å². The fraction of sp³-hybridized carbons (Fsp3) is 0.259. The Morgan fingerprint density at radius 2 is 1.21 bits per heavy atom. The minimum Gasteiger partial charge on any atom is -0.496 e. The zero-order valence-corrected chi connectivity index (χ0v) is 23.9. The minimum atomic E-state index is -3.91. The van der Waals surface area contributed by atoms with Crippen LogP contribution in [0.3, 0.4) is 0 Å². The van der Waals surface area contributed by atoms with E-state index in [1.165, 1.54) is 32.4 Å². The minimum absolute atomic E-state index is 0.00853. The van der Waals surface area contributed by atoms with Crippen molar-refractivity contribution in [2.75, 3.05) is 33.3 Å². The zero-order chi connectivity index (χ0) is 29.0. The normalized spacial score (nSPS) is 11.5. The second-order valence-corrected chi connectivity index (χ2v) is 11.9. The maximum Gasteiger partial charge on any atom is 0.306 e. The number of benzene rings is 3. The van der Waals surface area contributed by atoms with Gasteiger partial charge < -0.3 is 22.6 Å². The van der Waals surface area contributed by atoms with Crippen molar-refractivity contribution in [3.8, 4) is 51.0 Å². The van der Waals surface area contributed by atoms with Gasteiger partial charge in [0, 0.05) is 11.1 Å². The number of ether oxygens (including phenoxy) is 3. The van der Waals surface area contributed by atoms with Crippen LogP contribution in [0.25, 0.3) is 22.3 Å². The molecule has 0 heterocycles. The van der Waals surface area contributed by atoms with Gasteiger partial charge >= 0.3 is 20.2 Å². The number of rotatable bonds is 11. The average Bonchev–Trinajstić information content (AvgIpc) is 2.83. The SMILES string of the molecule is COc1cc(-c2ccc(OCC=C(C)C)c(OS(C)(=O)=O)c2)c(OC)cc1-c1ccc(OS(C)(=O)=O)c(F)c1. The Hall–Kier alpha value is -3.77. The molecule has 0 aromatic heterocycles. The van der Waals surface area contributed by atoms with Gasteiger partial charge in [0.2, 0.25) is 0 Å². The summed E-state index contributed by atoms with van der Waals surface area (Å²) in [5.74, 6) is -0.382.